The van der Waals surface area contributed by atoms with Crippen LogP contribution in [0.1, 0.15) is 28.6 Å². The van der Waals surface area contributed by atoms with Crippen molar-refractivity contribution in [3.05, 3.63) is 58.7 Å². The van der Waals surface area contributed by atoms with Crippen molar-refractivity contribution in [2.45, 2.75) is 26.3 Å². The first-order valence-electron chi connectivity index (χ1n) is 6.54. The quantitative estimate of drug-likeness (QED) is 0.932. The second kappa shape index (κ2) is 6.01. The predicted octanol–water partition coefficient (Wildman–Crippen LogP) is 3.09. The van der Waals surface area contributed by atoms with Crippen molar-refractivity contribution in [3.63, 3.8) is 0 Å². The van der Waals surface area contributed by atoms with Gasteiger partial charge in [-0.05, 0) is 43.5 Å². The molecule has 0 spiro atoms. The van der Waals surface area contributed by atoms with Gasteiger partial charge in [0.1, 0.15) is 0 Å². The lowest BCUT2D eigenvalue weighted by Crippen LogP contribution is -2.16. The van der Waals surface area contributed by atoms with Crippen molar-refractivity contribution < 1.29 is 9.13 Å². The lowest BCUT2D eigenvalue weighted by atomic mass is 9.98. The lowest BCUT2D eigenvalue weighted by Gasteiger charge is -2.16. The van der Waals surface area contributed by atoms with E-state index < -0.39 is 0 Å². The van der Waals surface area contributed by atoms with Gasteiger partial charge in [0.25, 0.3) is 0 Å². The molecule has 0 amide bonds. The SMILES string of the molecule is COc1cccc(CC(N)c2ccc(C)nc2C)c1F. The van der Waals surface area contributed by atoms with Crippen LogP contribution in [0.3, 0.4) is 0 Å². The minimum atomic E-state index is -0.344. The molecule has 2 rings (SSSR count). The summed E-state index contributed by atoms with van der Waals surface area (Å²) in [5.41, 5.74) is 9.53. The molecule has 3 nitrogen and oxygen atoms in total. The summed E-state index contributed by atoms with van der Waals surface area (Å²) in [6, 6.07) is 8.69. The Hall–Kier alpha value is -1.94. The zero-order chi connectivity index (χ0) is 14.7. The number of nitrogens with zero attached hydrogens (tertiary/aromatic N) is 1. The Kier molecular flexibility index (Phi) is 4.35. The third-order valence-corrected chi connectivity index (χ3v) is 3.37. The number of halogens is 1. The van der Waals surface area contributed by atoms with Crippen LogP contribution in [0.2, 0.25) is 0 Å². The van der Waals surface area contributed by atoms with Gasteiger partial charge in [-0.1, -0.05) is 18.2 Å². The van der Waals surface area contributed by atoms with E-state index in [0.717, 1.165) is 17.0 Å². The van der Waals surface area contributed by atoms with Gasteiger partial charge >= 0.3 is 0 Å². The molecule has 4 heteroatoms. The minimum Gasteiger partial charge on any atom is -0.494 e. The van der Waals surface area contributed by atoms with Crippen LogP contribution in [0.5, 0.6) is 5.75 Å². The highest BCUT2D eigenvalue weighted by Gasteiger charge is 2.15. The molecule has 1 heterocycles. The summed E-state index contributed by atoms with van der Waals surface area (Å²) in [6.07, 6.45) is 0.411. The average molecular weight is 274 g/mol. The fourth-order valence-corrected chi connectivity index (χ4v) is 2.31. The molecular formula is C16H19FN2O. The van der Waals surface area contributed by atoms with Crippen molar-refractivity contribution in [2.24, 2.45) is 5.73 Å². The average Bonchev–Trinajstić information content (AvgIpc) is 2.41. The normalized spacial score (nSPS) is 12.2. The monoisotopic (exact) mass is 274 g/mol. The maximum absolute atomic E-state index is 14.1. The molecule has 0 aliphatic heterocycles. The molecule has 1 aromatic heterocycles. The fraction of sp³-hybridized carbons (Fsp3) is 0.312. The van der Waals surface area contributed by atoms with Crippen LogP contribution < -0.4 is 10.5 Å². The summed E-state index contributed by atoms with van der Waals surface area (Å²) in [6.45, 7) is 3.86. The van der Waals surface area contributed by atoms with Crippen LogP contribution in [0, 0.1) is 19.7 Å². The van der Waals surface area contributed by atoms with Crippen molar-refractivity contribution in [3.8, 4) is 5.75 Å². The number of pyridine rings is 1. The molecule has 1 atom stereocenters. The van der Waals surface area contributed by atoms with Crippen LogP contribution in [-0.4, -0.2) is 12.1 Å². The van der Waals surface area contributed by atoms with Crippen molar-refractivity contribution in [2.75, 3.05) is 7.11 Å². The molecule has 1 unspecified atom stereocenters. The Balaban J connectivity index is 2.25. The lowest BCUT2D eigenvalue weighted by molar-refractivity contribution is 0.383. The summed E-state index contributed by atoms with van der Waals surface area (Å²) in [5.74, 6) is -0.100. The number of ether oxygens (including phenoxy) is 1. The number of aryl methyl sites for hydroxylation is 2. The Bertz CT molecular complexity index is 613. The number of hydrogen-bond donors (Lipinski definition) is 1. The highest BCUT2D eigenvalue weighted by atomic mass is 19.1. The molecule has 106 valence electrons. The van der Waals surface area contributed by atoms with E-state index >= 15 is 0 Å². The summed E-state index contributed by atoms with van der Waals surface area (Å²) in [5, 5.41) is 0. The van der Waals surface area contributed by atoms with Gasteiger partial charge < -0.3 is 10.5 Å². The Morgan fingerprint density at radius 3 is 2.65 bits per heavy atom. The first kappa shape index (κ1) is 14.5. The predicted molar refractivity (Wildman–Crippen MR) is 77.3 cm³/mol. The first-order chi connectivity index (χ1) is 9.52. The summed E-state index contributed by atoms with van der Waals surface area (Å²) < 4.78 is 19.1. The zero-order valence-electron chi connectivity index (χ0n) is 12.0. The van der Waals surface area contributed by atoms with E-state index in [4.69, 9.17) is 10.5 Å². The molecular weight excluding hydrogens is 255 g/mol. The van der Waals surface area contributed by atoms with Crippen LogP contribution >= 0.6 is 0 Å². The standard InChI is InChI=1S/C16H19FN2O/c1-10-7-8-13(11(2)19-10)14(18)9-12-5-4-6-15(20-3)16(12)17/h4-8,14H,9,18H2,1-3H3. The van der Waals surface area contributed by atoms with Gasteiger partial charge in [-0.15, -0.1) is 0 Å². The van der Waals surface area contributed by atoms with E-state index in [2.05, 4.69) is 4.98 Å². The molecule has 0 aliphatic rings. The van der Waals surface area contributed by atoms with E-state index in [9.17, 15) is 4.39 Å². The molecule has 1 aromatic carbocycles. The van der Waals surface area contributed by atoms with E-state index in [1.54, 1.807) is 18.2 Å². The van der Waals surface area contributed by atoms with Gasteiger partial charge in [0, 0.05) is 17.4 Å². The molecule has 0 fully saturated rings. The smallest absolute Gasteiger partial charge is 0.168 e. The maximum Gasteiger partial charge on any atom is 0.168 e. The van der Waals surface area contributed by atoms with Crippen molar-refractivity contribution in [1.82, 2.24) is 4.98 Å². The maximum atomic E-state index is 14.1. The van der Waals surface area contributed by atoms with Gasteiger partial charge in [-0.2, -0.15) is 0 Å². The van der Waals surface area contributed by atoms with E-state index in [0.29, 0.717) is 12.0 Å². The highest BCUT2D eigenvalue weighted by molar-refractivity contribution is 5.33. The third kappa shape index (κ3) is 2.96. The molecule has 0 aliphatic carbocycles. The van der Waals surface area contributed by atoms with Gasteiger partial charge in [0.15, 0.2) is 11.6 Å². The molecule has 0 saturated carbocycles. The number of rotatable bonds is 4. The summed E-state index contributed by atoms with van der Waals surface area (Å²) >= 11 is 0. The van der Waals surface area contributed by atoms with Gasteiger partial charge in [-0.25, -0.2) is 4.39 Å². The topological polar surface area (TPSA) is 48.1 Å². The van der Waals surface area contributed by atoms with Crippen LogP contribution in [0.4, 0.5) is 4.39 Å². The molecule has 2 N–H and O–H groups in total. The number of nitrogens with two attached hydrogens (primary N) is 1. The van der Waals surface area contributed by atoms with Crippen LogP contribution in [0.25, 0.3) is 0 Å². The molecule has 20 heavy (non-hydrogen) atoms. The van der Waals surface area contributed by atoms with Crippen molar-refractivity contribution >= 4 is 0 Å². The second-order valence-corrected chi connectivity index (χ2v) is 4.87. The Morgan fingerprint density at radius 1 is 1.25 bits per heavy atom. The molecule has 2 aromatic rings. The van der Waals surface area contributed by atoms with Crippen LogP contribution in [0.15, 0.2) is 30.3 Å². The third-order valence-electron chi connectivity index (χ3n) is 3.37. The number of hydrogen-bond acceptors (Lipinski definition) is 3. The van der Waals surface area contributed by atoms with E-state index in [-0.39, 0.29) is 17.6 Å². The van der Waals surface area contributed by atoms with Gasteiger partial charge in [0.2, 0.25) is 0 Å². The second-order valence-electron chi connectivity index (χ2n) is 4.87. The Morgan fingerprint density at radius 2 is 2.00 bits per heavy atom. The molecule has 0 bridgehead atoms. The largest absolute Gasteiger partial charge is 0.494 e. The first-order valence-corrected chi connectivity index (χ1v) is 6.54. The minimum absolute atomic E-state index is 0.244. The molecule has 0 saturated heterocycles. The molecule has 0 radical (unpaired) electrons. The van der Waals surface area contributed by atoms with Gasteiger partial charge in [0.05, 0.1) is 7.11 Å². The fourth-order valence-electron chi connectivity index (χ4n) is 2.31. The number of benzene rings is 1. The highest BCUT2D eigenvalue weighted by Crippen LogP contribution is 2.25. The zero-order valence-corrected chi connectivity index (χ0v) is 12.0. The number of methoxy groups -OCH3 is 1. The summed E-state index contributed by atoms with van der Waals surface area (Å²) in [4.78, 5) is 4.39. The Labute approximate surface area is 118 Å². The van der Waals surface area contributed by atoms with Crippen molar-refractivity contribution in [1.29, 1.82) is 0 Å². The van der Waals surface area contributed by atoms with E-state index in [1.807, 2.05) is 26.0 Å². The summed E-state index contributed by atoms with van der Waals surface area (Å²) in [7, 11) is 1.45. The van der Waals surface area contributed by atoms with Crippen LogP contribution in [-0.2, 0) is 6.42 Å². The van der Waals surface area contributed by atoms with E-state index in [1.165, 1.54) is 7.11 Å². The number of aromatic nitrogens is 1. The van der Waals surface area contributed by atoms with Gasteiger partial charge in [-0.3, -0.25) is 4.98 Å².